The van der Waals surface area contributed by atoms with Crippen molar-refractivity contribution in [3.63, 3.8) is 0 Å². The van der Waals surface area contributed by atoms with Gasteiger partial charge in [-0.15, -0.1) is 0 Å². The van der Waals surface area contributed by atoms with E-state index in [2.05, 4.69) is 4.98 Å². The van der Waals surface area contributed by atoms with Crippen LogP contribution >= 0.6 is 0 Å². The average Bonchev–Trinajstić information content (AvgIpc) is 3.21. The summed E-state index contributed by atoms with van der Waals surface area (Å²) in [5.41, 5.74) is 2.54. The summed E-state index contributed by atoms with van der Waals surface area (Å²) in [5, 5.41) is 10.1. The number of furan rings is 1. The second-order valence-corrected chi connectivity index (χ2v) is 5.04. The molecule has 0 unspecified atom stereocenters. The summed E-state index contributed by atoms with van der Waals surface area (Å²) in [6, 6.07) is 15.6. The minimum atomic E-state index is 0.0578. The molecule has 0 saturated carbocycles. The Kier molecular flexibility index (Phi) is 2.98. The van der Waals surface area contributed by atoms with Crippen LogP contribution in [0.5, 0.6) is 5.75 Å². The topological polar surface area (TPSA) is 76.5 Å². The molecule has 2 heterocycles. The minimum Gasteiger partial charge on any atom is -0.507 e. The number of aldehydes is 1. The zero-order valence-corrected chi connectivity index (χ0v) is 11.9. The van der Waals surface area contributed by atoms with Crippen LogP contribution in [0.15, 0.2) is 63.4 Å². The van der Waals surface area contributed by atoms with Gasteiger partial charge in [0.15, 0.2) is 17.6 Å². The molecule has 0 bridgehead atoms. The highest BCUT2D eigenvalue weighted by Gasteiger charge is 2.14. The quantitative estimate of drug-likeness (QED) is 0.572. The average molecular weight is 305 g/mol. The van der Waals surface area contributed by atoms with Crippen molar-refractivity contribution in [2.45, 2.75) is 0 Å². The third-order valence-corrected chi connectivity index (χ3v) is 3.55. The van der Waals surface area contributed by atoms with E-state index in [1.54, 1.807) is 30.3 Å². The van der Waals surface area contributed by atoms with Crippen molar-refractivity contribution in [1.29, 1.82) is 0 Å². The van der Waals surface area contributed by atoms with Crippen LogP contribution in [0.1, 0.15) is 10.6 Å². The number of hydrogen-bond donors (Lipinski definition) is 1. The van der Waals surface area contributed by atoms with Gasteiger partial charge in [0, 0.05) is 5.56 Å². The number of para-hydroxylation sites is 2. The van der Waals surface area contributed by atoms with Gasteiger partial charge in [0.05, 0.1) is 5.56 Å². The summed E-state index contributed by atoms with van der Waals surface area (Å²) < 4.78 is 11.1. The normalized spacial score (nSPS) is 11.0. The minimum absolute atomic E-state index is 0.0578. The van der Waals surface area contributed by atoms with Crippen LogP contribution in [0.3, 0.4) is 0 Å². The Hall–Kier alpha value is -3.34. The van der Waals surface area contributed by atoms with Gasteiger partial charge in [-0.1, -0.05) is 12.1 Å². The number of aromatic nitrogens is 1. The molecule has 5 nitrogen and oxygen atoms in total. The molecule has 0 atom stereocenters. The van der Waals surface area contributed by atoms with E-state index in [9.17, 15) is 9.90 Å². The smallest absolute Gasteiger partial charge is 0.231 e. The Morgan fingerprint density at radius 1 is 1.00 bits per heavy atom. The number of oxazole rings is 1. The fraction of sp³-hybridized carbons (Fsp3) is 0. The molecule has 2 aromatic carbocycles. The van der Waals surface area contributed by atoms with E-state index in [1.165, 1.54) is 0 Å². The van der Waals surface area contributed by atoms with E-state index < -0.39 is 0 Å². The molecule has 23 heavy (non-hydrogen) atoms. The summed E-state index contributed by atoms with van der Waals surface area (Å²) in [5.74, 6) is 1.16. The molecule has 0 spiro atoms. The number of carbonyl (C=O) groups is 1. The predicted octanol–water partition coefficient (Wildman–Crippen LogP) is 4.27. The Morgan fingerprint density at radius 3 is 2.65 bits per heavy atom. The molecule has 2 aromatic heterocycles. The summed E-state index contributed by atoms with van der Waals surface area (Å²) >= 11 is 0. The highest BCUT2D eigenvalue weighted by atomic mass is 16.4. The summed E-state index contributed by atoms with van der Waals surface area (Å²) in [7, 11) is 0. The number of aromatic hydroxyl groups is 1. The SMILES string of the molecule is O=Cc1ccc(-c2ccc(O)c(-c3nc4ccccc4o3)c2)o1. The Balaban J connectivity index is 1.84. The third-order valence-electron chi connectivity index (χ3n) is 3.55. The van der Waals surface area contributed by atoms with Crippen LogP contribution in [-0.2, 0) is 0 Å². The standard InChI is InChI=1S/C18H11NO4/c20-10-12-6-8-16(22-12)11-5-7-15(21)13(9-11)18-19-14-3-1-2-4-17(14)23-18/h1-10,21H. The highest BCUT2D eigenvalue weighted by Crippen LogP contribution is 2.35. The van der Waals surface area contributed by atoms with Gasteiger partial charge in [-0.3, -0.25) is 4.79 Å². The van der Waals surface area contributed by atoms with Gasteiger partial charge < -0.3 is 13.9 Å². The summed E-state index contributed by atoms with van der Waals surface area (Å²) in [6.07, 6.45) is 0.644. The maximum atomic E-state index is 10.7. The maximum Gasteiger partial charge on any atom is 0.231 e. The number of phenolic OH excluding ortho intramolecular Hbond substituents is 1. The number of rotatable bonds is 3. The van der Waals surface area contributed by atoms with E-state index >= 15 is 0 Å². The Labute approximate surface area is 130 Å². The second kappa shape index (κ2) is 5.14. The first-order valence-corrected chi connectivity index (χ1v) is 6.99. The van der Waals surface area contributed by atoms with Crippen LogP contribution in [0.2, 0.25) is 0 Å². The van der Waals surface area contributed by atoms with E-state index in [0.717, 1.165) is 0 Å². The fourth-order valence-corrected chi connectivity index (χ4v) is 2.42. The predicted molar refractivity (Wildman–Crippen MR) is 84.2 cm³/mol. The molecule has 112 valence electrons. The zero-order chi connectivity index (χ0) is 15.8. The van der Waals surface area contributed by atoms with Crippen molar-refractivity contribution in [3.8, 4) is 28.5 Å². The van der Waals surface area contributed by atoms with Crippen LogP contribution in [0.4, 0.5) is 0 Å². The number of benzene rings is 2. The third kappa shape index (κ3) is 2.28. The van der Waals surface area contributed by atoms with Crippen LogP contribution in [0, 0.1) is 0 Å². The molecular formula is C18H11NO4. The molecule has 1 N–H and O–H groups in total. The van der Waals surface area contributed by atoms with Gasteiger partial charge >= 0.3 is 0 Å². The van der Waals surface area contributed by atoms with E-state index in [1.807, 2.05) is 24.3 Å². The molecule has 4 aromatic rings. The van der Waals surface area contributed by atoms with Crippen LogP contribution in [-0.4, -0.2) is 16.4 Å². The fourth-order valence-electron chi connectivity index (χ4n) is 2.42. The van der Waals surface area contributed by atoms with Crippen molar-refractivity contribution in [2.75, 3.05) is 0 Å². The van der Waals surface area contributed by atoms with E-state index in [0.29, 0.717) is 40.2 Å². The lowest BCUT2D eigenvalue weighted by Gasteiger charge is -2.03. The molecule has 0 aliphatic rings. The molecule has 0 saturated heterocycles. The number of fused-ring (bicyclic) bond motifs is 1. The summed E-state index contributed by atoms with van der Waals surface area (Å²) in [4.78, 5) is 15.1. The van der Waals surface area contributed by atoms with Crippen molar-refractivity contribution >= 4 is 17.4 Å². The first-order valence-electron chi connectivity index (χ1n) is 6.99. The number of hydrogen-bond acceptors (Lipinski definition) is 5. The lowest BCUT2D eigenvalue weighted by Crippen LogP contribution is -1.82. The van der Waals surface area contributed by atoms with Gasteiger partial charge in [0.1, 0.15) is 17.0 Å². The Morgan fingerprint density at radius 2 is 1.87 bits per heavy atom. The lowest BCUT2D eigenvalue weighted by atomic mass is 10.1. The van der Waals surface area contributed by atoms with E-state index in [-0.39, 0.29) is 11.5 Å². The second-order valence-electron chi connectivity index (χ2n) is 5.04. The Bertz CT molecular complexity index is 980. The molecule has 0 radical (unpaired) electrons. The first-order chi connectivity index (χ1) is 11.2. The highest BCUT2D eigenvalue weighted by molar-refractivity contribution is 5.79. The van der Waals surface area contributed by atoms with Crippen molar-refractivity contribution in [1.82, 2.24) is 4.98 Å². The van der Waals surface area contributed by atoms with Gasteiger partial charge in [0.2, 0.25) is 5.89 Å². The largest absolute Gasteiger partial charge is 0.507 e. The van der Waals surface area contributed by atoms with Crippen molar-refractivity contribution < 1.29 is 18.7 Å². The zero-order valence-electron chi connectivity index (χ0n) is 11.9. The molecular weight excluding hydrogens is 294 g/mol. The number of carbonyl (C=O) groups excluding carboxylic acids is 1. The molecule has 5 heteroatoms. The lowest BCUT2D eigenvalue weighted by molar-refractivity contribution is 0.110. The molecule has 4 rings (SSSR count). The van der Waals surface area contributed by atoms with Gasteiger partial charge in [-0.25, -0.2) is 4.98 Å². The molecule has 0 amide bonds. The van der Waals surface area contributed by atoms with Crippen molar-refractivity contribution in [2.24, 2.45) is 0 Å². The van der Waals surface area contributed by atoms with Crippen molar-refractivity contribution in [3.05, 3.63) is 60.4 Å². The molecule has 0 fully saturated rings. The summed E-state index contributed by atoms with van der Waals surface area (Å²) in [6.45, 7) is 0. The molecule has 0 aliphatic heterocycles. The van der Waals surface area contributed by atoms with Crippen LogP contribution in [0.25, 0.3) is 33.9 Å². The monoisotopic (exact) mass is 305 g/mol. The number of nitrogens with zero attached hydrogens (tertiary/aromatic N) is 1. The first kappa shape index (κ1) is 13.3. The van der Waals surface area contributed by atoms with Gasteiger partial charge in [-0.2, -0.15) is 0 Å². The van der Waals surface area contributed by atoms with Crippen LogP contribution < -0.4 is 0 Å². The van der Waals surface area contributed by atoms with E-state index in [4.69, 9.17) is 8.83 Å². The number of phenols is 1. The van der Waals surface area contributed by atoms with Gasteiger partial charge in [0.25, 0.3) is 0 Å². The maximum absolute atomic E-state index is 10.7. The van der Waals surface area contributed by atoms with Gasteiger partial charge in [-0.05, 0) is 42.5 Å². The molecule has 0 aliphatic carbocycles.